The lowest BCUT2D eigenvalue weighted by Crippen LogP contribution is -2.35. The number of hydrogen-bond donors (Lipinski definition) is 1. The van der Waals surface area contributed by atoms with Gasteiger partial charge in [-0.25, -0.2) is 4.39 Å². The van der Waals surface area contributed by atoms with Crippen molar-refractivity contribution in [3.05, 3.63) is 29.0 Å². The lowest BCUT2D eigenvalue weighted by molar-refractivity contribution is 0.217. The number of benzene rings is 1. The first kappa shape index (κ1) is 12.7. The maximum atomic E-state index is 13.0. The Balaban J connectivity index is 1.86. The van der Waals surface area contributed by atoms with Gasteiger partial charge in [-0.2, -0.15) is 0 Å². The van der Waals surface area contributed by atoms with Gasteiger partial charge < -0.3 is 10.2 Å². The highest BCUT2D eigenvalue weighted by molar-refractivity contribution is 6.31. The Kier molecular flexibility index (Phi) is 4.24. The summed E-state index contributed by atoms with van der Waals surface area (Å²) in [5, 5.41) is 3.50. The van der Waals surface area contributed by atoms with Gasteiger partial charge in [0.2, 0.25) is 0 Å². The third-order valence-corrected chi connectivity index (χ3v) is 3.53. The van der Waals surface area contributed by atoms with Gasteiger partial charge in [-0.05, 0) is 50.6 Å². The van der Waals surface area contributed by atoms with Gasteiger partial charge in [0, 0.05) is 18.8 Å². The first-order valence-corrected chi connectivity index (χ1v) is 6.40. The van der Waals surface area contributed by atoms with E-state index < -0.39 is 0 Å². The molecular formula is C13H18ClFN2. The van der Waals surface area contributed by atoms with Crippen LogP contribution in [0.5, 0.6) is 0 Å². The summed E-state index contributed by atoms with van der Waals surface area (Å²) in [6.45, 7) is 3.24. The Labute approximate surface area is 107 Å². The number of nitrogens with one attached hydrogen (secondary N) is 1. The number of anilines is 1. The van der Waals surface area contributed by atoms with Crippen LogP contribution in [0.3, 0.4) is 0 Å². The largest absolute Gasteiger partial charge is 0.385 e. The van der Waals surface area contributed by atoms with Crippen LogP contribution >= 0.6 is 11.6 Å². The molecule has 1 aliphatic rings. The van der Waals surface area contributed by atoms with E-state index in [1.807, 2.05) is 0 Å². The van der Waals surface area contributed by atoms with E-state index in [2.05, 4.69) is 17.3 Å². The summed E-state index contributed by atoms with van der Waals surface area (Å²) in [5.74, 6) is 0.298. The van der Waals surface area contributed by atoms with Crippen LogP contribution in [0.25, 0.3) is 0 Å². The smallest absolute Gasteiger partial charge is 0.141 e. The zero-order valence-corrected chi connectivity index (χ0v) is 10.8. The predicted octanol–water partition coefficient (Wildman–Crippen LogP) is 3.23. The van der Waals surface area contributed by atoms with Crippen molar-refractivity contribution in [2.45, 2.75) is 12.8 Å². The molecule has 2 nitrogen and oxygen atoms in total. The Morgan fingerprint density at radius 1 is 1.53 bits per heavy atom. The maximum Gasteiger partial charge on any atom is 0.141 e. The lowest BCUT2D eigenvalue weighted by Gasteiger charge is -2.30. The second kappa shape index (κ2) is 5.69. The molecule has 1 N–H and O–H groups in total. The average Bonchev–Trinajstić information content (AvgIpc) is 2.31. The van der Waals surface area contributed by atoms with Gasteiger partial charge >= 0.3 is 0 Å². The molecule has 1 aliphatic heterocycles. The Hall–Kier alpha value is -0.800. The van der Waals surface area contributed by atoms with Crippen molar-refractivity contribution >= 4 is 17.3 Å². The molecule has 0 saturated carbocycles. The Bertz CT molecular complexity index is 384. The Morgan fingerprint density at radius 2 is 2.35 bits per heavy atom. The van der Waals surface area contributed by atoms with Crippen LogP contribution in [-0.4, -0.2) is 31.6 Å². The molecule has 0 aliphatic carbocycles. The molecule has 0 radical (unpaired) electrons. The van der Waals surface area contributed by atoms with E-state index in [1.165, 1.54) is 25.5 Å². The number of piperidine rings is 1. The number of rotatable bonds is 3. The van der Waals surface area contributed by atoms with Crippen LogP contribution in [0.2, 0.25) is 5.02 Å². The summed E-state index contributed by atoms with van der Waals surface area (Å²) in [4.78, 5) is 2.35. The highest BCUT2D eigenvalue weighted by atomic mass is 35.5. The van der Waals surface area contributed by atoms with E-state index in [-0.39, 0.29) is 10.8 Å². The normalized spacial score (nSPS) is 21.5. The average molecular weight is 257 g/mol. The van der Waals surface area contributed by atoms with E-state index in [4.69, 9.17) is 11.6 Å². The van der Waals surface area contributed by atoms with Crippen LogP contribution in [0.15, 0.2) is 18.2 Å². The molecule has 1 aromatic rings. The molecule has 0 spiro atoms. The minimum Gasteiger partial charge on any atom is -0.385 e. The molecule has 1 atom stereocenters. The van der Waals surface area contributed by atoms with Crippen molar-refractivity contribution < 1.29 is 4.39 Å². The van der Waals surface area contributed by atoms with Crippen LogP contribution in [0, 0.1) is 11.7 Å². The van der Waals surface area contributed by atoms with Crippen molar-refractivity contribution in [1.29, 1.82) is 0 Å². The fraction of sp³-hybridized carbons (Fsp3) is 0.538. The number of hydrogen-bond acceptors (Lipinski definition) is 2. The molecule has 1 fully saturated rings. The van der Waals surface area contributed by atoms with Gasteiger partial charge in [0.1, 0.15) is 5.82 Å². The minimum absolute atomic E-state index is 0.177. The quantitative estimate of drug-likeness (QED) is 0.893. The molecule has 0 bridgehead atoms. The van der Waals surface area contributed by atoms with Crippen molar-refractivity contribution in [2.24, 2.45) is 5.92 Å². The summed E-state index contributed by atoms with van der Waals surface area (Å²) in [6, 6.07) is 4.77. The third-order valence-electron chi connectivity index (χ3n) is 3.24. The summed E-state index contributed by atoms with van der Waals surface area (Å²) >= 11 is 5.74. The number of halogens is 2. The molecule has 2 rings (SSSR count). The first-order valence-electron chi connectivity index (χ1n) is 6.02. The highest BCUT2D eigenvalue weighted by Gasteiger charge is 2.16. The fourth-order valence-electron chi connectivity index (χ4n) is 2.31. The molecule has 1 aromatic carbocycles. The molecule has 94 valence electrons. The number of likely N-dealkylation sites (tertiary alicyclic amines) is 1. The van der Waals surface area contributed by atoms with E-state index in [1.54, 1.807) is 12.1 Å². The standard InChI is InChI=1S/C13H18ClFN2/c1-17-6-2-3-10(9-17)8-16-11-4-5-13(15)12(14)7-11/h4-5,7,10,16H,2-3,6,8-9H2,1H3. The third kappa shape index (κ3) is 3.58. The van der Waals surface area contributed by atoms with Gasteiger partial charge in [-0.15, -0.1) is 0 Å². The van der Waals surface area contributed by atoms with Gasteiger partial charge in [0.05, 0.1) is 5.02 Å². The molecule has 17 heavy (non-hydrogen) atoms. The second-order valence-electron chi connectivity index (χ2n) is 4.78. The van der Waals surface area contributed by atoms with Crippen molar-refractivity contribution in [2.75, 3.05) is 32.0 Å². The summed E-state index contributed by atoms with van der Waals surface area (Å²) in [6.07, 6.45) is 2.51. The summed E-state index contributed by atoms with van der Waals surface area (Å²) in [7, 11) is 2.15. The Morgan fingerprint density at radius 3 is 3.06 bits per heavy atom. The molecule has 1 saturated heterocycles. The fourth-order valence-corrected chi connectivity index (χ4v) is 2.49. The molecule has 4 heteroatoms. The van der Waals surface area contributed by atoms with E-state index in [0.29, 0.717) is 5.92 Å². The lowest BCUT2D eigenvalue weighted by atomic mass is 9.98. The van der Waals surface area contributed by atoms with Gasteiger partial charge in [-0.3, -0.25) is 0 Å². The molecule has 0 amide bonds. The van der Waals surface area contributed by atoms with E-state index in [9.17, 15) is 4.39 Å². The van der Waals surface area contributed by atoms with E-state index >= 15 is 0 Å². The van der Waals surface area contributed by atoms with Gasteiger partial charge in [0.25, 0.3) is 0 Å². The van der Waals surface area contributed by atoms with Crippen molar-refractivity contribution in [1.82, 2.24) is 4.90 Å². The SMILES string of the molecule is CN1CCCC(CNc2ccc(F)c(Cl)c2)C1. The van der Waals surface area contributed by atoms with Crippen LogP contribution < -0.4 is 5.32 Å². The van der Waals surface area contributed by atoms with Crippen LogP contribution in [0.4, 0.5) is 10.1 Å². The summed E-state index contributed by atoms with van der Waals surface area (Å²) in [5.41, 5.74) is 0.893. The monoisotopic (exact) mass is 256 g/mol. The number of nitrogens with zero attached hydrogens (tertiary/aromatic N) is 1. The zero-order valence-electron chi connectivity index (χ0n) is 10.0. The highest BCUT2D eigenvalue weighted by Crippen LogP contribution is 2.21. The topological polar surface area (TPSA) is 15.3 Å². The van der Waals surface area contributed by atoms with Crippen molar-refractivity contribution in [3.63, 3.8) is 0 Å². The van der Waals surface area contributed by atoms with Gasteiger partial charge in [-0.1, -0.05) is 11.6 Å². The molecular weight excluding hydrogens is 239 g/mol. The van der Waals surface area contributed by atoms with Crippen molar-refractivity contribution in [3.8, 4) is 0 Å². The molecule has 1 heterocycles. The second-order valence-corrected chi connectivity index (χ2v) is 5.19. The zero-order chi connectivity index (χ0) is 12.3. The summed E-state index contributed by atoms with van der Waals surface area (Å²) < 4.78 is 13.0. The molecule has 1 unspecified atom stereocenters. The minimum atomic E-state index is -0.366. The first-order chi connectivity index (χ1) is 8.15. The molecule has 0 aromatic heterocycles. The van der Waals surface area contributed by atoms with E-state index in [0.717, 1.165) is 18.8 Å². The predicted molar refractivity (Wildman–Crippen MR) is 70.1 cm³/mol. The van der Waals surface area contributed by atoms with Crippen LogP contribution in [0.1, 0.15) is 12.8 Å². The van der Waals surface area contributed by atoms with Crippen LogP contribution in [-0.2, 0) is 0 Å². The maximum absolute atomic E-state index is 13.0. The van der Waals surface area contributed by atoms with Gasteiger partial charge in [0.15, 0.2) is 0 Å².